The Bertz CT molecular complexity index is 423. The normalized spacial score (nSPS) is 18.9. The van der Waals surface area contributed by atoms with Crippen LogP contribution in [0, 0.1) is 19.8 Å². The average molecular weight is 246 g/mol. The molecule has 1 saturated heterocycles. The van der Waals surface area contributed by atoms with Crippen LogP contribution in [0.1, 0.15) is 30.4 Å². The molecule has 1 heterocycles. The molecule has 2 rings (SSSR count). The number of anilines is 1. The van der Waals surface area contributed by atoms with Crippen LogP contribution in [0.2, 0.25) is 0 Å². The highest BCUT2D eigenvalue weighted by Gasteiger charge is 2.15. The second kappa shape index (κ2) is 6.01. The van der Waals surface area contributed by atoms with Crippen LogP contribution in [0.15, 0.2) is 18.2 Å². The van der Waals surface area contributed by atoms with Crippen molar-refractivity contribution in [3.63, 3.8) is 0 Å². The summed E-state index contributed by atoms with van der Waals surface area (Å²) in [5.74, 6) is 0.810. The largest absolute Gasteiger partial charge is 0.326 e. The van der Waals surface area contributed by atoms with Crippen molar-refractivity contribution in [1.82, 2.24) is 5.32 Å². The quantitative estimate of drug-likeness (QED) is 0.857. The van der Waals surface area contributed by atoms with Gasteiger partial charge in [-0.3, -0.25) is 4.79 Å². The van der Waals surface area contributed by atoms with E-state index in [9.17, 15) is 4.79 Å². The Kier molecular flexibility index (Phi) is 4.37. The monoisotopic (exact) mass is 246 g/mol. The van der Waals surface area contributed by atoms with E-state index in [1.54, 1.807) is 0 Å². The molecule has 1 aliphatic heterocycles. The van der Waals surface area contributed by atoms with Crippen molar-refractivity contribution in [2.24, 2.45) is 5.92 Å². The van der Waals surface area contributed by atoms with E-state index >= 15 is 0 Å². The molecular weight excluding hydrogens is 224 g/mol. The molecule has 0 aliphatic carbocycles. The summed E-state index contributed by atoms with van der Waals surface area (Å²) in [6.45, 7) is 6.23. The first-order chi connectivity index (χ1) is 8.65. The molecule has 1 aromatic carbocycles. The maximum Gasteiger partial charge on any atom is 0.224 e. The molecule has 98 valence electrons. The molecule has 0 bridgehead atoms. The highest BCUT2D eigenvalue weighted by molar-refractivity contribution is 5.91. The fraction of sp³-hybridized carbons (Fsp3) is 0.533. The van der Waals surface area contributed by atoms with Crippen molar-refractivity contribution in [2.75, 3.05) is 18.4 Å². The molecule has 3 heteroatoms. The van der Waals surface area contributed by atoms with Gasteiger partial charge in [0.2, 0.25) is 5.91 Å². The summed E-state index contributed by atoms with van der Waals surface area (Å²) < 4.78 is 0. The average Bonchev–Trinajstić information content (AvgIpc) is 2.84. The Balaban J connectivity index is 1.84. The fourth-order valence-electron chi connectivity index (χ4n) is 2.38. The third kappa shape index (κ3) is 3.57. The van der Waals surface area contributed by atoms with Crippen LogP contribution in [-0.4, -0.2) is 19.0 Å². The molecule has 0 aromatic heterocycles. The molecule has 1 fully saturated rings. The molecule has 3 nitrogen and oxygen atoms in total. The Morgan fingerprint density at radius 2 is 2.28 bits per heavy atom. The number of carbonyl (C=O) groups excluding carboxylic acids is 1. The lowest BCUT2D eigenvalue weighted by molar-refractivity contribution is -0.116. The number of hydrogen-bond donors (Lipinski definition) is 2. The zero-order valence-corrected chi connectivity index (χ0v) is 11.3. The van der Waals surface area contributed by atoms with Crippen molar-refractivity contribution in [1.29, 1.82) is 0 Å². The number of carbonyl (C=O) groups is 1. The van der Waals surface area contributed by atoms with Crippen LogP contribution in [0.25, 0.3) is 0 Å². The number of nitrogens with one attached hydrogen (secondary N) is 2. The van der Waals surface area contributed by atoms with Gasteiger partial charge >= 0.3 is 0 Å². The Morgan fingerprint density at radius 1 is 1.44 bits per heavy atom. The fourth-order valence-corrected chi connectivity index (χ4v) is 2.38. The van der Waals surface area contributed by atoms with Gasteiger partial charge in [0.1, 0.15) is 0 Å². The SMILES string of the molecule is Cc1ccc(C)c(NC(=O)CCC2CCNC2)c1. The van der Waals surface area contributed by atoms with E-state index in [2.05, 4.69) is 16.7 Å². The first-order valence-corrected chi connectivity index (χ1v) is 6.73. The van der Waals surface area contributed by atoms with Crippen LogP contribution < -0.4 is 10.6 Å². The minimum absolute atomic E-state index is 0.135. The molecule has 0 saturated carbocycles. The van der Waals surface area contributed by atoms with Crippen molar-refractivity contribution < 1.29 is 4.79 Å². The number of hydrogen-bond acceptors (Lipinski definition) is 2. The van der Waals surface area contributed by atoms with E-state index in [4.69, 9.17) is 0 Å². The van der Waals surface area contributed by atoms with Gasteiger partial charge in [0, 0.05) is 12.1 Å². The lowest BCUT2D eigenvalue weighted by Crippen LogP contribution is -2.15. The van der Waals surface area contributed by atoms with Crippen molar-refractivity contribution in [2.45, 2.75) is 33.1 Å². The van der Waals surface area contributed by atoms with Crippen molar-refractivity contribution in [3.05, 3.63) is 29.3 Å². The predicted octanol–water partition coefficient (Wildman–Crippen LogP) is 2.63. The second-order valence-corrected chi connectivity index (χ2v) is 5.26. The van der Waals surface area contributed by atoms with Gasteiger partial charge in [-0.2, -0.15) is 0 Å². The number of amides is 1. The third-order valence-corrected chi connectivity index (χ3v) is 3.61. The van der Waals surface area contributed by atoms with E-state index in [-0.39, 0.29) is 5.91 Å². The molecular formula is C15H22N2O. The molecule has 18 heavy (non-hydrogen) atoms. The number of rotatable bonds is 4. The van der Waals surface area contributed by atoms with Crippen LogP contribution >= 0.6 is 0 Å². The smallest absolute Gasteiger partial charge is 0.224 e. The zero-order valence-electron chi connectivity index (χ0n) is 11.3. The second-order valence-electron chi connectivity index (χ2n) is 5.26. The minimum Gasteiger partial charge on any atom is -0.326 e. The van der Waals surface area contributed by atoms with E-state index in [0.717, 1.165) is 30.8 Å². The van der Waals surface area contributed by atoms with Crippen LogP contribution in [0.3, 0.4) is 0 Å². The topological polar surface area (TPSA) is 41.1 Å². The molecule has 0 radical (unpaired) electrons. The summed E-state index contributed by atoms with van der Waals surface area (Å²) in [5.41, 5.74) is 3.25. The highest BCUT2D eigenvalue weighted by atomic mass is 16.1. The van der Waals surface area contributed by atoms with Gasteiger partial charge in [-0.15, -0.1) is 0 Å². The van der Waals surface area contributed by atoms with Gasteiger partial charge in [-0.1, -0.05) is 12.1 Å². The van der Waals surface area contributed by atoms with E-state index in [1.807, 2.05) is 26.0 Å². The molecule has 1 aromatic rings. The third-order valence-electron chi connectivity index (χ3n) is 3.61. The maximum atomic E-state index is 11.9. The predicted molar refractivity (Wildman–Crippen MR) is 74.8 cm³/mol. The highest BCUT2D eigenvalue weighted by Crippen LogP contribution is 2.18. The molecule has 2 N–H and O–H groups in total. The minimum atomic E-state index is 0.135. The lowest BCUT2D eigenvalue weighted by Gasteiger charge is -2.11. The van der Waals surface area contributed by atoms with Gasteiger partial charge in [-0.05, 0) is 62.9 Å². The van der Waals surface area contributed by atoms with Gasteiger partial charge < -0.3 is 10.6 Å². The number of aryl methyl sites for hydroxylation is 2. The summed E-state index contributed by atoms with van der Waals surface area (Å²) >= 11 is 0. The van der Waals surface area contributed by atoms with E-state index < -0.39 is 0 Å². The standard InChI is InChI=1S/C15H22N2O/c1-11-3-4-12(2)14(9-11)17-15(18)6-5-13-7-8-16-10-13/h3-4,9,13,16H,5-8,10H2,1-2H3,(H,17,18). The van der Waals surface area contributed by atoms with E-state index in [0.29, 0.717) is 12.3 Å². The molecule has 1 atom stereocenters. The summed E-state index contributed by atoms with van der Waals surface area (Å²) in [4.78, 5) is 11.9. The summed E-state index contributed by atoms with van der Waals surface area (Å²) in [6.07, 6.45) is 2.82. The Labute approximate surface area is 109 Å². The van der Waals surface area contributed by atoms with Gasteiger partial charge in [-0.25, -0.2) is 0 Å². The summed E-state index contributed by atoms with van der Waals surface area (Å²) in [6, 6.07) is 6.14. The summed E-state index contributed by atoms with van der Waals surface area (Å²) in [7, 11) is 0. The summed E-state index contributed by atoms with van der Waals surface area (Å²) in [5, 5.41) is 6.35. The van der Waals surface area contributed by atoms with E-state index in [1.165, 1.54) is 12.0 Å². The first kappa shape index (κ1) is 13.1. The maximum absolute atomic E-state index is 11.9. The van der Waals surface area contributed by atoms with Crippen LogP contribution in [0.4, 0.5) is 5.69 Å². The molecule has 1 unspecified atom stereocenters. The number of benzene rings is 1. The Morgan fingerprint density at radius 3 is 3.00 bits per heavy atom. The molecule has 0 spiro atoms. The van der Waals surface area contributed by atoms with Crippen LogP contribution in [0.5, 0.6) is 0 Å². The van der Waals surface area contributed by atoms with Gasteiger partial charge in [0.25, 0.3) is 0 Å². The molecule has 1 aliphatic rings. The Hall–Kier alpha value is -1.35. The van der Waals surface area contributed by atoms with Gasteiger partial charge in [0.05, 0.1) is 0 Å². The lowest BCUT2D eigenvalue weighted by atomic mass is 10.0. The van der Waals surface area contributed by atoms with Crippen LogP contribution in [-0.2, 0) is 4.79 Å². The molecule has 1 amide bonds. The van der Waals surface area contributed by atoms with Crippen molar-refractivity contribution >= 4 is 11.6 Å². The van der Waals surface area contributed by atoms with Gasteiger partial charge in [0.15, 0.2) is 0 Å². The first-order valence-electron chi connectivity index (χ1n) is 6.73. The van der Waals surface area contributed by atoms with Crippen molar-refractivity contribution in [3.8, 4) is 0 Å². The zero-order chi connectivity index (χ0) is 13.0.